The van der Waals surface area contributed by atoms with E-state index in [1.807, 2.05) is 6.92 Å². The van der Waals surface area contributed by atoms with Gasteiger partial charge in [0.1, 0.15) is 6.33 Å². The molecule has 0 atom stereocenters. The van der Waals surface area contributed by atoms with Gasteiger partial charge in [-0.15, -0.1) is 0 Å². The lowest BCUT2D eigenvalue weighted by molar-refractivity contribution is 0.0949. The van der Waals surface area contributed by atoms with Gasteiger partial charge in [-0.05, 0) is 30.7 Å². The van der Waals surface area contributed by atoms with Crippen molar-refractivity contribution in [3.8, 4) is 0 Å². The molecule has 0 unspecified atom stereocenters. The van der Waals surface area contributed by atoms with Crippen molar-refractivity contribution < 1.29 is 4.79 Å². The molecule has 0 saturated heterocycles. The van der Waals surface area contributed by atoms with Crippen molar-refractivity contribution in [2.75, 3.05) is 5.73 Å². The summed E-state index contributed by atoms with van der Waals surface area (Å²) in [5, 5.41) is 6.85. The quantitative estimate of drug-likeness (QED) is 0.777. The van der Waals surface area contributed by atoms with Crippen LogP contribution in [-0.2, 0) is 13.6 Å². The van der Waals surface area contributed by atoms with Crippen LogP contribution in [0, 0.1) is 6.92 Å². The monoisotopic (exact) mass is 245 g/mol. The molecule has 18 heavy (non-hydrogen) atoms. The molecule has 1 amide bonds. The van der Waals surface area contributed by atoms with Gasteiger partial charge >= 0.3 is 0 Å². The van der Waals surface area contributed by atoms with E-state index in [9.17, 15) is 4.79 Å². The van der Waals surface area contributed by atoms with Crippen LogP contribution >= 0.6 is 0 Å². The molecule has 1 aromatic carbocycles. The zero-order chi connectivity index (χ0) is 13.1. The number of nitrogen functional groups attached to an aromatic ring is 1. The van der Waals surface area contributed by atoms with Crippen LogP contribution < -0.4 is 11.1 Å². The van der Waals surface area contributed by atoms with Gasteiger partial charge in [-0.1, -0.05) is 0 Å². The van der Waals surface area contributed by atoms with E-state index in [4.69, 9.17) is 5.73 Å². The molecule has 94 valence electrons. The fraction of sp³-hybridized carbons (Fsp3) is 0.250. The van der Waals surface area contributed by atoms with Gasteiger partial charge in [0, 0.05) is 18.3 Å². The van der Waals surface area contributed by atoms with E-state index in [2.05, 4.69) is 15.4 Å². The zero-order valence-corrected chi connectivity index (χ0v) is 10.3. The van der Waals surface area contributed by atoms with Crippen molar-refractivity contribution in [2.24, 2.45) is 7.05 Å². The Morgan fingerprint density at radius 1 is 1.50 bits per heavy atom. The molecule has 0 saturated carbocycles. The van der Waals surface area contributed by atoms with Gasteiger partial charge in [0.25, 0.3) is 5.91 Å². The van der Waals surface area contributed by atoms with Gasteiger partial charge in [0.15, 0.2) is 5.82 Å². The number of aryl methyl sites for hydroxylation is 2. The van der Waals surface area contributed by atoms with Crippen molar-refractivity contribution >= 4 is 11.6 Å². The first-order valence-electron chi connectivity index (χ1n) is 5.55. The van der Waals surface area contributed by atoms with Gasteiger partial charge in [-0.2, -0.15) is 5.10 Å². The summed E-state index contributed by atoms with van der Waals surface area (Å²) in [5.41, 5.74) is 7.75. The number of hydrogen-bond acceptors (Lipinski definition) is 4. The fourth-order valence-electron chi connectivity index (χ4n) is 1.66. The largest absolute Gasteiger partial charge is 0.399 e. The van der Waals surface area contributed by atoms with E-state index in [1.165, 1.54) is 0 Å². The van der Waals surface area contributed by atoms with E-state index in [-0.39, 0.29) is 5.91 Å². The summed E-state index contributed by atoms with van der Waals surface area (Å²) >= 11 is 0. The van der Waals surface area contributed by atoms with Crippen LogP contribution in [0.5, 0.6) is 0 Å². The number of nitrogens with two attached hydrogens (primary N) is 1. The summed E-state index contributed by atoms with van der Waals surface area (Å²) in [6, 6.07) is 5.20. The minimum absolute atomic E-state index is 0.153. The lowest BCUT2D eigenvalue weighted by atomic mass is 10.1. The van der Waals surface area contributed by atoms with Crippen LogP contribution in [0.4, 0.5) is 5.69 Å². The smallest absolute Gasteiger partial charge is 0.251 e. The maximum absolute atomic E-state index is 11.9. The van der Waals surface area contributed by atoms with Crippen molar-refractivity contribution in [2.45, 2.75) is 13.5 Å². The molecule has 0 radical (unpaired) electrons. The number of nitrogens with zero attached hydrogens (tertiary/aromatic N) is 3. The van der Waals surface area contributed by atoms with E-state index >= 15 is 0 Å². The van der Waals surface area contributed by atoms with E-state index < -0.39 is 0 Å². The standard InChI is InChI=1S/C12H15N5O/c1-8-5-9(13)3-4-10(8)12(18)14-6-11-15-7-17(2)16-11/h3-5,7H,6,13H2,1-2H3,(H,14,18). The molecular formula is C12H15N5O. The van der Waals surface area contributed by atoms with Crippen molar-refractivity contribution in [3.63, 3.8) is 0 Å². The fourth-order valence-corrected chi connectivity index (χ4v) is 1.66. The van der Waals surface area contributed by atoms with Crippen molar-refractivity contribution in [1.29, 1.82) is 0 Å². The number of carbonyl (C=O) groups excluding carboxylic acids is 1. The molecule has 0 bridgehead atoms. The first kappa shape index (κ1) is 12.1. The Kier molecular flexibility index (Phi) is 3.27. The number of anilines is 1. The average Bonchev–Trinajstić information content (AvgIpc) is 2.72. The van der Waals surface area contributed by atoms with Gasteiger partial charge in [0.05, 0.1) is 6.54 Å². The zero-order valence-electron chi connectivity index (χ0n) is 10.3. The molecule has 0 aliphatic rings. The summed E-state index contributed by atoms with van der Waals surface area (Å²) in [4.78, 5) is 16.0. The van der Waals surface area contributed by atoms with E-state index in [0.29, 0.717) is 23.6 Å². The summed E-state index contributed by atoms with van der Waals surface area (Å²) in [7, 11) is 1.78. The lowest BCUT2D eigenvalue weighted by Crippen LogP contribution is -2.24. The predicted molar refractivity (Wildman–Crippen MR) is 67.8 cm³/mol. The number of carbonyl (C=O) groups is 1. The number of amides is 1. The van der Waals surface area contributed by atoms with Crippen LogP contribution in [-0.4, -0.2) is 20.7 Å². The molecule has 6 nitrogen and oxygen atoms in total. The van der Waals surface area contributed by atoms with Gasteiger partial charge < -0.3 is 11.1 Å². The summed E-state index contributed by atoms with van der Waals surface area (Å²) < 4.78 is 1.59. The Labute approximate surface area is 105 Å². The van der Waals surface area contributed by atoms with Crippen LogP contribution in [0.3, 0.4) is 0 Å². The topological polar surface area (TPSA) is 85.8 Å². The number of rotatable bonds is 3. The van der Waals surface area contributed by atoms with Crippen LogP contribution in [0.25, 0.3) is 0 Å². The molecule has 2 rings (SSSR count). The Balaban J connectivity index is 2.03. The third-order valence-corrected chi connectivity index (χ3v) is 2.55. The van der Waals surface area contributed by atoms with Crippen LogP contribution in [0.15, 0.2) is 24.5 Å². The molecule has 3 N–H and O–H groups in total. The lowest BCUT2D eigenvalue weighted by Gasteiger charge is -2.06. The van der Waals surface area contributed by atoms with E-state index in [1.54, 1.807) is 36.3 Å². The minimum Gasteiger partial charge on any atom is -0.399 e. The number of nitrogens with one attached hydrogen (secondary N) is 1. The van der Waals surface area contributed by atoms with Gasteiger partial charge in [-0.25, -0.2) is 4.98 Å². The highest BCUT2D eigenvalue weighted by Crippen LogP contribution is 2.12. The molecule has 0 aliphatic carbocycles. The van der Waals surface area contributed by atoms with Crippen LogP contribution in [0.2, 0.25) is 0 Å². The number of aromatic nitrogens is 3. The number of benzene rings is 1. The molecule has 0 fully saturated rings. The average molecular weight is 245 g/mol. The Morgan fingerprint density at radius 2 is 2.28 bits per heavy atom. The Hall–Kier alpha value is -2.37. The van der Waals surface area contributed by atoms with Crippen molar-refractivity contribution in [3.05, 3.63) is 41.5 Å². The van der Waals surface area contributed by atoms with Gasteiger partial charge in [-0.3, -0.25) is 9.48 Å². The van der Waals surface area contributed by atoms with Crippen LogP contribution in [0.1, 0.15) is 21.7 Å². The summed E-state index contributed by atoms with van der Waals surface area (Å²) in [6.07, 6.45) is 1.59. The molecule has 0 aliphatic heterocycles. The molecule has 1 aromatic heterocycles. The summed E-state index contributed by atoms with van der Waals surface area (Å²) in [5.74, 6) is 0.430. The van der Waals surface area contributed by atoms with Crippen molar-refractivity contribution in [1.82, 2.24) is 20.1 Å². The Morgan fingerprint density at radius 3 is 2.89 bits per heavy atom. The molecule has 0 spiro atoms. The second-order valence-corrected chi connectivity index (χ2v) is 4.09. The summed E-state index contributed by atoms with van der Waals surface area (Å²) in [6.45, 7) is 2.16. The second kappa shape index (κ2) is 4.87. The van der Waals surface area contributed by atoms with E-state index in [0.717, 1.165) is 5.56 Å². The first-order chi connectivity index (χ1) is 8.56. The maximum atomic E-state index is 11.9. The molecule has 2 aromatic rings. The third kappa shape index (κ3) is 2.65. The Bertz CT molecular complexity index is 576. The molecular weight excluding hydrogens is 230 g/mol. The highest BCUT2D eigenvalue weighted by atomic mass is 16.1. The first-order valence-corrected chi connectivity index (χ1v) is 5.55. The highest BCUT2D eigenvalue weighted by molar-refractivity contribution is 5.95. The predicted octanol–water partition coefficient (Wildman–Crippen LogP) is 0.636. The molecule has 6 heteroatoms. The third-order valence-electron chi connectivity index (χ3n) is 2.55. The van der Waals surface area contributed by atoms with Gasteiger partial charge in [0.2, 0.25) is 0 Å². The normalized spacial score (nSPS) is 10.3. The minimum atomic E-state index is -0.153. The second-order valence-electron chi connectivity index (χ2n) is 4.09. The number of hydrogen-bond donors (Lipinski definition) is 2. The molecule has 1 heterocycles. The maximum Gasteiger partial charge on any atom is 0.251 e. The SMILES string of the molecule is Cc1cc(N)ccc1C(=O)NCc1ncn(C)n1. The highest BCUT2D eigenvalue weighted by Gasteiger charge is 2.09.